The summed E-state index contributed by atoms with van der Waals surface area (Å²) in [7, 11) is 0. The third-order valence-electron chi connectivity index (χ3n) is 9.47. The Morgan fingerprint density at radius 1 is 0.780 bits per heavy atom. The van der Waals surface area contributed by atoms with Crippen LogP contribution in [0.2, 0.25) is 0 Å². The van der Waals surface area contributed by atoms with E-state index in [0.29, 0.717) is 15.5 Å². The van der Waals surface area contributed by atoms with Gasteiger partial charge in [-0.05, 0) is 0 Å². The van der Waals surface area contributed by atoms with Crippen LogP contribution in [0.15, 0.2) is 87.2 Å². The predicted octanol–water partition coefficient (Wildman–Crippen LogP) is 11.1. The molecule has 0 heterocycles. The van der Waals surface area contributed by atoms with E-state index >= 15 is 0 Å². The van der Waals surface area contributed by atoms with Crippen LogP contribution in [0.4, 0.5) is 0 Å². The molecule has 0 N–H and O–H groups in total. The second kappa shape index (κ2) is 11.2. The molecule has 3 aromatic rings. The fraction of sp³-hybridized carbons (Fsp3) is 0.425. The number of fused-ring (bicyclic) bond motifs is 3. The molecule has 0 amide bonds. The van der Waals surface area contributed by atoms with Gasteiger partial charge >= 0.3 is 260 Å². The second-order valence-electron chi connectivity index (χ2n) is 14.8. The van der Waals surface area contributed by atoms with E-state index in [-0.39, 0.29) is 10.8 Å². The molecule has 0 saturated carbocycles. The standard InChI is InChI=1S/C21H25.C10H15.C9H10.Zr/c1-20(2,3)16-7-9-18-14(12-16)11-15-13-17(21(4,5)6)8-10-19(15)18;1-7(2)10-6-8(3)5-9(10)4;1-2-6-9-7-4-3-5-8-9;/h7-13H,1-6H3;6-8H,1-4H3;3-5,7-8H,2H2,1H3;. The minimum atomic E-state index is -2.61. The van der Waals surface area contributed by atoms with E-state index in [1.807, 2.05) is 3.28 Å². The van der Waals surface area contributed by atoms with Crippen molar-refractivity contribution >= 4 is 3.21 Å². The van der Waals surface area contributed by atoms with E-state index in [2.05, 4.69) is 149 Å². The SMILES string of the molecule is CC[C](c1ccccc1)=[Zr]([C]1=C(C)C(C(C)C)=CC1C)[CH]1c2cc(C(C)(C)C)ccc2-c2ccc(C(C)(C)C)cc21. The molecule has 1 unspecified atom stereocenters. The van der Waals surface area contributed by atoms with Crippen molar-refractivity contribution in [2.45, 2.75) is 97.0 Å². The average molecular weight is 622 g/mol. The maximum absolute atomic E-state index is 2.61. The zero-order valence-corrected chi connectivity index (χ0v) is 29.8. The molecular weight excluding hydrogens is 572 g/mol. The van der Waals surface area contributed by atoms with Crippen LogP contribution in [0.1, 0.15) is 114 Å². The van der Waals surface area contributed by atoms with Crippen molar-refractivity contribution in [3.8, 4) is 11.1 Å². The topological polar surface area (TPSA) is 0 Å². The summed E-state index contributed by atoms with van der Waals surface area (Å²) in [5, 5.41) is 0. The summed E-state index contributed by atoms with van der Waals surface area (Å²) < 4.78 is 4.07. The zero-order chi connectivity index (χ0) is 29.9. The maximum atomic E-state index is 2.61. The van der Waals surface area contributed by atoms with Gasteiger partial charge in [-0.2, -0.15) is 0 Å². The summed E-state index contributed by atoms with van der Waals surface area (Å²) in [4.78, 5) is 0. The molecular formula is C40H50Zr. The predicted molar refractivity (Wildman–Crippen MR) is 177 cm³/mol. The first-order valence-electron chi connectivity index (χ1n) is 15.7. The van der Waals surface area contributed by atoms with Crippen molar-refractivity contribution in [3.05, 3.63) is 115 Å². The molecule has 0 saturated heterocycles. The monoisotopic (exact) mass is 620 g/mol. The van der Waals surface area contributed by atoms with E-state index in [0.717, 1.165) is 6.42 Å². The quantitative estimate of drug-likeness (QED) is 0.266. The molecule has 0 fully saturated rings. The molecule has 0 nitrogen and oxygen atoms in total. The Kier molecular flexibility index (Phi) is 8.28. The molecule has 0 radical (unpaired) electrons. The third kappa shape index (κ3) is 5.54. The van der Waals surface area contributed by atoms with Crippen molar-refractivity contribution < 1.29 is 21.3 Å². The van der Waals surface area contributed by atoms with Gasteiger partial charge in [-0.15, -0.1) is 0 Å². The summed E-state index contributed by atoms with van der Waals surface area (Å²) in [6.07, 6.45) is 3.74. The summed E-state index contributed by atoms with van der Waals surface area (Å²) in [5.41, 5.74) is 14.0. The van der Waals surface area contributed by atoms with Gasteiger partial charge in [0.1, 0.15) is 0 Å². The minimum absolute atomic E-state index is 0.118. The van der Waals surface area contributed by atoms with Crippen molar-refractivity contribution in [2.75, 3.05) is 0 Å². The van der Waals surface area contributed by atoms with Crippen LogP contribution in [0, 0.1) is 11.8 Å². The van der Waals surface area contributed by atoms with Gasteiger partial charge < -0.3 is 0 Å². The summed E-state index contributed by atoms with van der Waals surface area (Å²) in [5.74, 6) is 1.07. The van der Waals surface area contributed by atoms with Gasteiger partial charge in [0.15, 0.2) is 0 Å². The number of rotatable bonds is 5. The molecule has 2 aliphatic carbocycles. The molecule has 2 aliphatic rings. The Balaban J connectivity index is 1.91. The summed E-state index contributed by atoms with van der Waals surface area (Å²) in [6, 6.07) is 26.4. The molecule has 1 heteroatoms. The molecule has 214 valence electrons. The number of hydrogen-bond donors (Lipinski definition) is 0. The van der Waals surface area contributed by atoms with Gasteiger partial charge in [-0.1, -0.05) is 0 Å². The molecule has 0 spiro atoms. The first-order chi connectivity index (χ1) is 19.2. The molecule has 0 aliphatic heterocycles. The van der Waals surface area contributed by atoms with Crippen LogP contribution in [-0.4, -0.2) is 3.21 Å². The van der Waals surface area contributed by atoms with Crippen molar-refractivity contribution in [2.24, 2.45) is 11.8 Å². The van der Waals surface area contributed by atoms with Gasteiger partial charge in [0.2, 0.25) is 0 Å². The Morgan fingerprint density at radius 3 is 1.71 bits per heavy atom. The van der Waals surface area contributed by atoms with Crippen LogP contribution in [0.25, 0.3) is 11.1 Å². The zero-order valence-electron chi connectivity index (χ0n) is 27.4. The summed E-state index contributed by atoms with van der Waals surface area (Å²) in [6.45, 7) is 26.3. The van der Waals surface area contributed by atoms with Crippen molar-refractivity contribution in [1.82, 2.24) is 0 Å². The Morgan fingerprint density at radius 2 is 1.29 bits per heavy atom. The van der Waals surface area contributed by atoms with Gasteiger partial charge in [0, 0.05) is 0 Å². The Labute approximate surface area is 258 Å². The fourth-order valence-corrected chi connectivity index (χ4v) is 17.2. The number of hydrogen-bond acceptors (Lipinski definition) is 0. The van der Waals surface area contributed by atoms with Crippen LogP contribution >= 0.6 is 0 Å². The van der Waals surface area contributed by atoms with Crippen molar-refractivity contribution in [3.63, 3.8) is 0 Å². The third-order valence-corrected chi connectivity index (χ3v) is 19.1. The van der Waals surface area contributed by atoms with Gasteiger partial charge in [0.25, 0.3) is 0 Å². The first-order valence-corrected chi connectivity index (χ1v) is 19.6. The van der Waals surface area contributed by atoms with Gasteiger partial charge in [-0.25, -0.2) is 0 Å². The molecule has 0 bridgehead atoms. The Hall–Kier alpha value is -2.11. The molecule has 0 aromatic heterocycles. The second-order valence-corrected chi connectivity index (χ2v) is 21.0. The normalized spacial score (nSPS) is 18.0. The van der Waals surface area contributed by atoms with E-state index in [9.17, 15) is 0 Å². The van der Waals surface area contributed by atoms with E-state index in [1.54, 1.807) is 25.5 Å². The fourth-order valence-electron chi connectivity index (χ4n) is 7.23. The van der Waals surface area contributed by atoms with E-state index < -0.39 is 21.3 Å². The number of allylic oxidation sites excluding steroid dienone is 4. The van der Waals surface area contributed by atoms with Crippen LogP contribution in [-0.2, 0) is 32.1 Å². The molecule has 3 aromatic carbocycles. The van der Waals surface area contributed by atoms with Crippen LogP contribution < -0.4 is 0 Å². The van der Waals surface area contributed by atoms with Crippen molar-refractivity contribution in [1.29, 1.82) is 0 Å². The first kappa shape index (κ1) is 30.4. The summed E-state index contributed by atoms with van der Waals surface area (Å²) >= 11 is -2.61. The van der Waals surface area contributed by atoms with E-state index in [4.69, 9.17) is 0 Å². The Bertz CT molecular complexity index is 1500. The average Bonchev–Trinajstić information content (AvgIpc) is 3.39. The molecule has 41 heavy (non-hydrogen) atoms. The van der Waals surface area contributed by atoms with E-state index in [1.165, 1.54) is 27.8 Å². The molecule has 1 atom stereocenters. The number of benzene rings is 3. The van der Waals surface area contributed by atoms with Gasteiger partial charge in [0.05, 0.1) is 0 Å². The van der Waals surface area contributed by atoms with Crippen LogP contribution in [0.3, 0.4) is 0 Å². The van der Waals surface area contributed by atoms with Crippen LogP contribution in [0.5, 0.6) is 0 Å². The molecule has 5 rings (SSSR count). The van der Waals surface area contributed by atoms with Gasteiger partial charge in [-0.3, -0.25) is 0 Å².